The molecule has 0 fully saturated rings. The highest BCUT2D eigenvalue weighted by Gasteiger charge is 2.25. The van der Waals surface area contributed by atoms with E-state index in [2.05, 4.69) is 10.1 Å². The molecule has 0 aliphatic carbocycles. The van der Waals surface area contributed by atoms with Gasteiger partial charge in [0, 0.05) is 5.39 Å². The minimum Gasteiger partial charge on any atom is -0.463 e. The Kier molecular flexibility index (Phi) is 5.42. The van der Waals surface area contributed by atoms with E-state index >= 15 is 0 Å². The minimum atomic E-state index is -0.860. The summed E-state index contributed by atoms with van der Waals surface area (Å²) in [6, 6.07) is 18.9. The number of nitrogens with zero attached hydrogens (tertiary/aromatic N) is 3. The van der Waals surface area contributed by atoms with Gasteiger partial charge in [0.1, 0.15) is 28.8 Å². The fourth-order valence-corrected chi connectivity index (χ4v) is 4.74. The lowest BCUT2D eigenvalue weighted by atomic mass is 10.2. The fraction of sp³-hybridized carbons (Fsp3) is 0. The fourth-order valence-electron chi connectivity index (χ4n) is 3.79. The molecule has 0 saturated heterocycles. The van der Waals surface area contributed by atoms with E-state index in [9.17, 15) is 18.8 Å². The number of para-hydroxylation sites is 2. The van der Waals surface area contributed by atoms with E-state index in [1.54, 1.807) is 48.5 Å². The van der Waals surface area contributed by atoms with Crippen molar-refractivity contribution < 1.29 is 18.0 Å². The Labute approximate surface area is 210 Å². The lowest BCUT2D eigenvalue weighted by Gasteiger charge is -2.13. The van der Waals surface area contributed by atoms with E-state index in [-0.39, 0.29) is 21.7 Å². The number of carbonyl (C=O) groups excluding carboxylic acids is 1. The zero-order valence-corrected chi connectivity index (χ0v) is 19.6. The summed E-state index contributed by atoms with van der Waals surface area (Å²) < 4.78 is 25.1. The number of hydrogen-bond acceptors (Lipinski definition) is 8. The van der Waals surface area contributed by atoms with Gasteiger partial charge in [0.15, 0.2) is 0 Å². The first-order valence-electron chi connectivity index (χ1n) is 11.0. The number of aromatic nitrogens is 1. The SMILES string of the molecule is O=C(c1cc2ccccc2oc1=O)N(/N=C/c1coc2ccccc2c1=O)c1nc2ccc(F)cc2s1. The van der Waals surface area contributed by atoms with E-state index in [0.29, 0.717) is 32.2 Å². The number of carbonyl (C=O) groups is 1. The molecule has 6 rings (SSSR count). The molecule has 1 amide bonds. The van der Waals surface area contributed by atoms with Gasteiger partial charge in [0.25, 0.3) is 5.91 Å². The lowest BCUT2D eigenvalue weighted by Crippen LogP contribution is -2.30. The van der Waals surface area contributed by atoms with Crippen molar-refractivity contribution in [2.75, 3.05) is 5.01 Å². The predicted molar refractivity (Wildman–Crippen MR) is 139 cm³/mol. The van der Waals surface area contributed by atoms with E-state index in [0.717, 1.165) is 22.6 Å². The van der Waals surface area contributed by atoms with Gasteiger partial charge in [-0.15, -0.1) is 0 Å². The van der Waals surface area contributed by atoms with E-state index in [1.807, 2.05) is 0 Å². The third kappa shape index (κ3) is 4.09. The summed E-state index contributed by atoms with van der Waals surface area (Å²) in [7, 11) is 0. The predicted octanol–water partition coefficient (Wildman–Crippen LogP) is 5.33. The molecule has 3 aromatic carbocycles. The summed E-state index contributed by atoms with van der Waals surface area (Å²) in [5, 5.41) is 6.06. The molecule has 0 bridgehead atoms. The number of rotatable bonds is 4. The zero-order chi connectivity index (χ0) is 25.5. The van der Waals surface area contributed by atoms with Crippen LogP contribution in [0.3, 0.4) is 0 Å². The molecular weight excluding hydrogens is 497 g/mol. The number of hydrazone groups is 1. The van der Waals surface area contributed by atoms with E-state index < -0.39 is 17.3 Å². The van der Waals surface area contributed by atoms with Crippen molar-refractivity contribution in [1.82, 2.24) is 4.98 Å². The Morgan fingerprint density at radius 3 is 2.65 bits per heavy atom. The molecule has 37 heavy (non-hydrogen) atoms. The van der Waals surface area contributed by atoms with Gasteiger partial charge in [-0.2, -0.15) is 10.1 Å². The van der Waals surface area contributed by atoms with Crippen LogP contribution in [-0.4, -0.2) is 17.1 Å². The second-order valence-corrected chi connectivity index (χ2v) is 8.98. The molecule has 3 heterocycles. The first kappa shape index (κ1) is 22.5. The molecule has 6 aromatic rings. The highest BCUT2D eigenvalue weighted by Crippen LogP contribution is 2.30. The number of benzene rings is 3. The highest BCUT2D eigenvalue weighted by atomic mass is 32.1. The Bertz CT molecular complexity index is 1990. The molecule has 180 valence electrons. The maximum atomic E-state index is 13.8. The maximum Gasteiger partial charge on any atom is 0.349 e. The Balaban J connectivity index is 1.49. The van der Waals surface area contributed by atoms with Crippen molar-refractivity contribution in [3.05, 3.63) is 117 Å². The van der Waals surface area contributed by atoms with Crippen LogP contribution in [0.25, 0.3) is 32.2 Å². The summed E-state index contributed by atoms with van der Waals surface area (Å²) in [5.74, 6) is -1.30. The van der Waals surface area contributed by atoms with Crippen LogP contribution in [0.5, 0.6) is 0 Å². The van der Waals surface area contributed by atoms with Crippen LogP contribution in [0.15, 0.2) is 103 Å². The normalized spacial score (nSPS) is 11.6. The average molecular weight is 511 g/mol. The summed E-state index contributed by atoms with van der Waals surface area (Å²) in [6.45, 7) is 0. The smallest absolute Gasteiger partial charge is 0.349 e. The molecule has 0 unspecified atom stereocenters. The van der Waals surface area contributed by atoms with Crippen molar-refractivity contribution in [2.45, 2.75) is 0 Å². The van der Waals surface area contributed by atoms with Crippen molar-refractivity contribution in [2.24, 2.45) is 5.10 Å². The third-order valence-corrected chi connectivity index (χ3v) is 6.60. The van der Waals surface area contributed by atoms with Crippen molar-refractivity contribution in [3.63, 3.8) is 0 Å². The second kappa shape index (κ2) is 8.92. The monoisotopic (exact) mass is 511 g/mol. The van der Waals surface area contributed by atoms with Gasteiger partial charge in [0.2, 0.25) is 10.6 Å². The average Bonchev–Trinajstić information content (AvgIpc) is 3.32. The molecule has 0 aliphatic heterocycles. The summed E-state index contributed by atoms with van der Waals surface area (Å²) in [6.07, 6.45) is 2.39. The van der Waals surface area contributed by atoms with Crippen LogP contribution in [-0.2, 0) is 0 Å². The Morgan fingerprint density at radius 1 is 1.00 bits per heavy atom. The molecule has 8 nitrogen and oxygen atoms in total. The van der Waals surface area contributed by atoms with Crippen LogP contribution in [0.4, 0.5) is 9.52 Å². The molecule has 0 aliphatic rings. The van der Waals surface area contributed by atoms with Gasteiger partial charge in [0.05, 0.1) is 27.4 Å². The number of halogens is 1. The molecule has 0 radical (unpaired) electrons. The van der Waals surface area contributed by atoms with E-state index in [1.165, 1.54) is 30.5 Å². The molecule has 3 aromatic heterocycles. The first-order chi connectivity index (χ1) is 18.0. The topological polar surface area (TPSA) is 106 Å². The molecule has 0 spiro atoms. The van der Waals surface area contributed by atoms with Crippen molar-refractivity contribution in [1.29, 1.82) is 0 Å². The van der Waals surface area contributed by atoms with Crippen LogP contribution in [0, 0.1) is 5.82 Å². The molecular formula is C27H14FN3O5S. The first-order valence-corrected chi connectivity index (χ1v) is 11.8. The van der Waals surface area contributed by atoms with Crippen LogP contribution < -0.4 is 16.1 Å². The summed E-state index contributed by atoms with van der Waals surface area (Å²) in [5.41, 5.74) is -0.259. The van der Waals surface area contributed by atoms with Gasteiger partial charge in [-0.25, -0.2) is 14.2 Å². The number of thiazole rings is 1. The van der Waals surface area contributed by atoms with Gasteiger partial charge < -0.3 is 8.83 Å². The van der Waals surface area contributed by atoms with Crippen molar-refractivity contribution in [3.8, 4) is 0 Å². The Morgan fingerprint density at radius 2 is 1.78 bits per heavy atom. The lowest BCUT2D eigenvalue weighted by molar-refractivity contribution is 0.0984. The summed E-state index contributed by atoms with van der Waals surface area (Å²) in [4.78, 5) is 43.6. The Hall–Kier alpha value is -4.96. The number of hydrogen-bond donors (Lipinski definition) is 0. The summed E-state index contributed by atoms with van der Waals surface area (Å²) >= 11 is 1.000. The van der Waals surface area contributed by atoms with E-state index in [4.69, 9.17) is 8.83 Å². The highest BCUT2D eigenvalue weighted by molar-refractivity contribution is 7.22. The number of anilines is 1. The van der Waals surface area contributed by atoms with Gasteiger partial charge in [-0.3, -0.25) is 9.59 Å². The van der Waals surface area contributed by atoms with Crippen LogP contribution >= 0.6 is 11.3 Å². The maximum absolute atomic E-state index is 13.8. The van der Waals surface area contributed by atoms with Crippen LogP contribution in [0.1, 0.15) is 15.9 Å². The zero-order valence-electron chi connectivity index (χ0n) is 18.8. The third-order valence-electron chi connectivity index (χ3n) is 5.60. The number of amides is 1. The number of fused-ring (bicyclic) bond motifs is 3. The largest absolute Gasteiger partial charge is 0.463 e. The van der Waals surface area contributed by atoms with Gasteiger partial charge >= 0.3 is 5.63 Å². The molecule has 0 N–H and O–H groups in total. The quantitative estimate of drug-likeness (QED) is 0.180. The van der Waals surface area contributed by atoms with Crippen LogP contribution in [0.2, 0.25) is 0 Å². The molecule has 10 heteroatoms. The van der Waals surface area contributed by atoms with Crippen molar-refractivity contribution >= 4 is 60.7 Å². The standard InChI is InChI=1S/C27H14FN3O5S/c28-17-9-10-20-23(12-17)37-27(30-20)31(25(33)19-11-15-5-1-3-7-21(15)36-26(19)34)29-13-16-14-35-22-8-4-2-6-18(22)24(16)32/h1-14H/b29-13+. The minimum absolute atomic E-state index is 0.0691. The van der Waals surface area contributed by atoms with Gasteiger partial charge in [-0.05, 0) is 42.5 Å². The van der Waals surface area contributed by atoms with Gasteiger partial charge in [-0.1, -0.05) is 41.7 Å². The second-order valence-electron chi connectivity index (χ2n) is 7.97. The molecule has 0 saturated carbocycles. The molecule has 0 atom stereocenters.